The topological polar surface area (TPSA) is 89.2 Å². The van der Waals surface area contributed by atoms with E-state index in [-0.39, 0.29) is 22.6 Å². The Balaban J connectivity index is 1.96. The van der Waals surface area contributed by atoms with Crippen LogP contribution in [-0.4, -0.2) is 31.0 Å². The van der Waals surface area contributed by atoms with Crippen molar-refractivity contribution in [1.82, 2.24) is 0 Å². The molecule has 1 aliphatic rings. The van der Waals surface area contributed by atoms with E-state index in [2.05, 4.69) is 0 Å². The molecule has 8 heteroatoms. The van der Waals surface area contributed by atoms with E-state index in [0.29, 0.717) is 22.2 Å². The molecule has 2 heterocycles. The first-order valence-electron chi connectivity index (χ1n) is 9.70. The van der Waals surface area contributed by atoms with Gasteiger partial charge in [0.25, 0.3) is 11.7 Å². The standard InChI is InChI=1S/C24H20ClNO6/c1-13-6-7-14(25)11-17(13)26-21(18-5-4-10-32-18)20(23(28)24(26)29)22(27)16-9-8-15(30-2)12-19(16)31-3/h4-12,21,27H,1-3H3/b22-20-. The Morgan fingerprint density at radius 1 is 1.09 bits per heavy atom. The van der Waals surface area contributed by atoms with Crippen LogP contribution in [0.25, 0.3) is 5.76 Å². The summed E-state index contributed by atoms with van der Waals surface area (Å²) in [6.45, 7) is 1.80. The number of hydrogen-bond donors (Lipinski definition) is 1. The summed E-state index contributed by atoms with van der Waals surface area (Å²) in [7, 11) is 2.94. The molecule has 1 fully saturated rings. The van der Waals surface area contributed by atoms with E-state index in [1.807, 2.05) is 0 Å². The minimum Gasteiger partial charge on any atom is -0.507 e. The van der Waals surface area contributed by atoms with Crippen molar-refractivity contribution in [2.45, 2.75) is 13.0 Å². The van der Waals surface area contributed by atoms with Gasteiger partial charge in [0.05, 0.1) is 31.6 Å². The summed E-state index contributed by atoms with van der Waals surface area (Å²) in [6.07, 6.45) is 1.44. The minimum atomic E-state index is -0.992. The Morgan fingerprint density at radius 3 is 2.53 bits per heavy atom. The Labute approximate surface area is 189 Å². The molecule has 164 valence electrons. The second-order valence-electron chi connectivity index (χ2n) is 7.18. The van der Waals surface area contributed by atoms with Gasteiger partial charge in [0.2, 0.25) is 0 Å². The zero-order chi connectivity index (χ0) is 23.0. The molecule has 1 N–H and O–H groups in total. The number of aliphatic hydroxyl groups is 1. The third-order valence-electron chi connectivity index (χ3n) is 5.35. The maximum absolute atomic E-state index is 13.2. The average molecular weight is 454 g/mol. The molecular weight excluding hydrogens is 434 g/mol. The van der Waals surface area contributed by atoms with Crippen LogP contribution >= 0.6 is 11.6 Å². The number of furan rings is 1. The maximum atomic E-state index is 13.2. The molecule has 1 atom stereocenters. The summed E-state index contributed by atoms with van der Waals surface area (Å²) in [5.41, 5.74) is 1.30. The van der Waals surface area contributed by atoms with E-state index >= 15 is 0 Å². The van der Waals surface area contributed by atoms with Crippen LogP contribution in [0.4, 0.5) is 5.69 Å². The Hall–Kier alpha value is -3.71. The van der Waals surface area contributed by atoms with Crippen molar-refractivity contribution in [3.8, 4) is 11.5 Å². The van der Waals surface area contributed by atoms with Gasteiger partial charge in [-0.25, -0.2) is 0 Å². The second-order valence-corrected chi connectivity index (χ2v) is 7.62. The zero-order valence-corrected chi connectivity index (χ0v) is 18.3. The van der Waals surface area contributed by atoms with Gasteiger partial charge in [-0.15, -0.1) is 0 Å². The van der Waals surface area contributed by atoms with Gasteiger partial charge in [0.15, 0.2) is 0 Å². The molecule has 1 aromatic heterocycles. The number of rotatable bonds is 5. The molecule has 0 bridgehead atoms. The highest BCUT2D eigenvalue weighted by molar-refractivity contribution is 6.52. The van der Waals surface area contributed by atoms with E-state index in [9.17, 15) is 14.7 Å². The van der Waals surface area contributed by atoms with Crippen molar-refractivity contribution in [3.05, 3.63) is 82.3 Å². The molecule has 1 saturated heterocycles. The second kappa shape index (κ2) is 8.43. The maximum Gasteiger partial charge on any atom is 0.300 e. The molecule has 0 spiro atoms. The van der Waals surface area contributed by atoms with Crippen LogP contribution in [-0.2, 0) is 9.59 Å². The van der Waals surface area contributed by atoms with Gasteiger partial charge in [0.1, 0.15) is 29.1 Å². The van der Waals surface area contributed by atoms with Gasteiger partial charge in [-0.2, -0.15) is 0 Å². The van der Waals surface area contributed by atoms with Crippen molar-refractivity contribution in [1.29, 1.82) is 0 Å². The van der Waals surface area contributed by atoms with E-state index < -0.39 is 17.7 Å². The number of benzene rings is 2. The lowest BCUT2D eigenvalue weighted by Crippen LogP contribution is -2.30. The van der Waals surface area contributed by atoms with Crippen LogP contribution in [0.1, 0.15) is 22.9 Å². The summed E-state index contributed by atoms with van der Waals surface area (Å²) < 4.78 is 16.1. The fourth-order valence-corrected chi connectivity index (χ4v) is 3.94. The molecule has 4 rings (SSSR count). The monoisotopic (exact) mass is 453 g/mol. The predicted molar refractivity (Wildman–Crippen MR) is 119 cm³/mol. The highest BCUT2D eigenvalue weighted by atomic mass is 35.5. The first kappa shape index (κ1) is 21.5. The highest BCUT2D eigenvalue weighted by Crippen LogP contribution is 2.45. The van der Waals surface area contributed by atoms with Crippen molar-refractivity contribution in [2.75, 3.05) is 19.1 Å². The van der Waals surface area contributed by atoms with Crippen molar-refractivity contribution >= 4 is 34.7 Å². The highest BCUT2D eigenvalue weighted by Gasteiger charge is 2.49. The van der Waals surface area contributed by atoms with Crippen molar-refractivity contribution < 1.29 is 28.6 Å². The number of amides is 1. The molecule has 2 aromatic carbocycles. The smallest absolute Gasteiger partial charge is 0.300 e. The van der Waals surface area contributed by atoms with Crippen LogP contribution in [0.15, 0.2) is 64.8 Å². The lowest BCUT2D eigenvalue weighted by molar-refractivity contribution is -0.132. The number of nitrogens with zero attached hydrogens (tertiary/aromatic N) is 1. The van der Waals surface area contributed by atoms with Crippen LogP contribution in [0.2, 0.25) is 5.02 Å². The summed E-state index contributed by atoms with van der Waals surface area (Å²) >= 11 is 6.18. The number of aryl methyl sites for hydroxylation is 1. The number of anilines is 1. The largest absolute Gasteiger partial charge is 0.507 e. The number of methoxy groups -OCH3 is 2. The van der Waals surface area contributed by atoms with E-state index in [4.69, 9.17) is 25.5 Å². The molecular formula is C24H20ClNO6. The molecule has 3 aromatic rings. The molecule has 7 nitrogen and oxygen atoms in total. The molecule has 0 aliphatic carbocycles. The predicted octanol–water partition coefficient (Wildman–Crippen LogP) is 4.88. The number of ether oxygens (including phenoxy) is 2. The van der Waals surface area contributed by atoms with Gasteiger partial charge >= 0.3 is 0 Å². The quantitative estimate of drug-likeness (QED) is 0.336. The Morgan fingerprint density at radius 2 is 1.88 bits per heavy atom. The zero-order valence-electron chi connectivity index (χ0n) is 17.6. The minimum absolute atomic E-state index is 0.118. The fourth-order valence-electron chi connectivity index (χ4n) is 3.78. The average Bonchev–Trinajstić information content (AvgIpc) is 3.41. The summed E-state index contributed by atoms with van der Waals surface area (Å²) in [5.74, 6) is -0.919. The SMILES string of the molecule is COc1ccc(/C(O)=C2/C(=O)C(=O)N(c3cc(Cl)ccc3C)C2c2ccco2)c(OC)c1. The number of aliphatic hydroxyl groups excluding tert-OH is 1. The first-order chi connectivity index (χ1) is 15.4. The summed E-state index contributed by atoms with van der Waals surface area (Å²) in [5, 5.41) is 11.6. The summed E-state index contributed by atoms with van der Waals surface area (Å²) in [6, 6.07) is 12.1. The molecule has 0 saturated carbocycles. The third kappa shape index (κ3) is 3.50. The number of ketones is 1. The Kier molecular flexibility index (Phi) is 5.67. The van der Waals surface area contributed by atoms with Gasteiger partial charge in [0, 0.05) is 16.8 Å². The normalized spacial score (nSPS) is 17.6. The van der Waals surface area contributed by atoms with Gasteiger partial charge < -0.3 is 19.0 Å². The van der Waals surface area contributed by atoms with Crippen LogP contribution in [0.3, 0.4) is 0 Å². The van der Waals surface area contributed by atoms with E-state index in [1.165, 1.54) is 25.4 Å². The van der Waals surface area contributed by atoms with Crippen LogP contribution in [0.5, 0.6) is 11.5 Å². The lowest BCUT2D eigenvalue weighted by atomic mass is 9.98. The van der Waals surface area contributed by atoms with E-state index in [0.717, 1.165) is 5.56 Å². The fraction of sp³-hybridized carbons (Fsp3) is 0.167. The third-order valence-corrected chi connectivity index (χ3v) is 5.59. The Bertz CT molecular complexity index is 1230. The lowest BCUT2D eigenvalue weighted by Gasteiger charge is -2.25. The van der Waals surface area contributed by atoms with Gasteiger partial charge in [-0.05, 0) is 48.9 Å². The number of hydrogen-bond acceptors (Lipinski definition) is 6. The summed E-state index contributed by atoms with van der Waals surface area (Å²) in [4.78, 5) is 27.6. The van der Waals surface area contributed by atoms with Crippen molar-refractivity contribution in [3.63, 3.8) is 0 Å². The van der Waals surface area contributed by atoms with E-state index in [1.54, 1.807) is 55.5 Å². The van der Waals surface area contributed by atoms with Gasteiger partial charge in [-0.1, -0.05) is 17.7 Å². The van der Waals surface area contributed by atoms with Gasteiger partial charge in [-0.3, -0.25) is 14.5 Å². The number of halogens is 1. The molecule has 1 aliphatic heterocycles. The number of carbonyl (C=O) groups is 2. The molecule has 0 radical (unpaired) electrons. The van der Waals surface area contributed by atoms with Crippen LogP contribution in [0, 0.1) is 6.92 Å². The first-order valence-corrected chi connectivity index (χ1v) is 10.1. The molecule has 1 amide bonds. The number of carbonyl (C=O) groups excluding carboxylic acids is 2. The van der Waals surface area contributed by atoms with Crippen LogP contribution < -0.4 is 14.4 Å². The van der Waals surface area contributed by atoms with Crippen molar-refractivity contribution in [2.24, 2.45) is 0 Å². The molecule has 32 heavy (non-hydrogen) atoms. The number of Topliss-reactive ketones (excluding diaryl/α,β-unsaturated/α-hetero) is 1. The molecule has 1 unspecified atom stereocenters.